The first-order chi connectivity index (χ1) is 9.15. The Morgan fingerprint density at radius 3 is 2.84 bits per heavy atom. The van der Waals surface area contributed by atoms with Crippen molar-refractivity contribution in [1.82, 2.24) is 5.32 Å². The highest BCUT2D eigenvalue weighted by molar-refractivity contribution is 5.98. The van der Waals surface area contributed by atoms with E-state index >= 15 is 0 Å². The maximum absolute atomic E-state index is 12.3. The lowest BCUT2D eigenvalue weighted by Crippen LogP contribution is -2.35. The standard InChI is InChI=1S/C15H22N2O2/c1-3-11(9-10-7-8-10)17-15(18)12-5-4-6-13(16)14(12)19-2/h4-6,10-11H,3,7-9,16H2,1-2H3,(H,17,18). The van der Waals surface area contributed by atoms with Crippen LogP contribution in [0.3, 0.4) is 0 Å². The molecule has 3 N–H and O–H groups in total. The molecule has 1 amide bonds. The summed E-state index contributed by atoms with van der Waals surface area (Å²) in [7, 11) is 1.53. The minimum Gasteiger partial charge on any atom is -0.494 e. The Morgan fingerprint density at radius 1 is 1.53 bits per heavy atom. The van der Waals surface area contributed by atoms with E-state index < -0.39 is 0 Å². The van der Waals surface area contributed by atoms with Crippen molar-refractivity contribution < 1.29 is 9.53 Å². The van der Waals surface area contributed by atoms with Gasteiger partial charge in [0, 0.05) is 6.04 Å². The summed E-state index contributed by atoms with van der Waals surface area (Å²) in [6.07, 6.45) is 4.63. The van der Waals surface area contributed by atoms with Crippen molar-refractivity contribution in [2.45, 2.75) is 38.6 Å². The normalized spacial score (nSPS) is 15.9. The summed E-state index contributed by atoms with van der Waals surface area (Å²) in [5.74, 6) is 1.16. The molecule has 0 radical (unpaired) electrons. The van der Waals surface area contributed by atoms with Crippen LogP contribution in [0.4, 0.5) is 5.69 Å². The molecule has 1 atom stereocenters. The Hall–Kier alpha value is -1.71. The molecule has 1 aliphatic rings. The topological polar surface area (TPSA) is 64.4 Å². The molecule has 1 aromatic rings. The fourth-order valence-electron chi connectivity index (χ4n) is 2.31. The molecule has 0 aliphatic heterocycles. The Kier molecular flexibility index (Phi) is 4.30. The summed E-state index contributed by atoms with van der Waals surface area (Å²) >= 11 is 0. The van der Waals surface area contributed by atoms with E-state index in [1.807, 2.05) is 0 Å². The van der Waals surface area contributed by atoms with Crippen LogP contribution in [0.1, 0.15) is 43.0 Å². The lowest BCUT2D eigenvalue weighted by atomic mass is 10.1. The molecule has 4 nitrogen and oxygen atoms in total. The molecule has 0 aromatic heterocycles. The van der Waals surface area contributed by atoms with Crippen LogP contribution < -0.4 is 15.8 Å². The summed E-state index contributed by atoms with van der Waals surface area (Å²) in [4.78, 5) is 12.3. The van der Waals surface area contributed by atoms with Gasteiger partial charge in [0.2, 0.25) is 0 Å². The molecule has 0 bridgehead atoms. The second kappa shape index (κ2) is 5.95. The maximum Gasteiger partial charge on any atom is 0.255 e. The van der Waals surface area contributed by atoms with Gasteiger partial charge in [0.1, 0.15) is 0 Å². The molecular weight excluding hydrogens is 240 g/mol. The molecule has 0 heterocycles. The fraction of sp³-hybridized carbons (Fsp3) is 0.533. The Bertz CT molecular complexity index is 455. The third-order valence-corrected chi connectivity index (χ3v) is 3.64. The Balaban J connectivity index is 2.07. The SMILES string of the molecule is CCC(CC1CC1)NC(=O)c1cccc(N)c1OC. The predicted molar refractivity (Wildman–Crippen MR) is 76.3 cm³/mol. The van der Waals surface area contributed by atoms with Gasteiger partial charge in [-0.15, -0.1) is 0 Å². The number of nitrogens with one attached hydrogen (secondary N) is 1. The summed E-state index contributed by atoms with van der Waals surface area (Å²) in [5.41, 5.74) is 6.82. The van der Waals surface area contributed by atoms with Gasteiger partial charge in [-0.05, 0) is 30.9 Å². The number of carbonyl (C=O) groups is 1. The number of methoxy groups -OCH3 is 1. The number of benzene rings is 1. The molecule has 1 aliphatic carbocycles. The second-order valence-electron chi connectivity index (χ2n) is 5.19. The zero-order valence-electron chi connectivity index (χ0n) is 11.6. The van der Waals surface area contributed by atoms with Gasteiger partial charge < -0.3 is 15.8 Å². The van der Waals surface area contributed by atoms with Gasteiger partial charge in [-0.2, -0.15) is 0 Å². The molecule has 1 saturated carbocycles. The van der Waals surface area contributed by atoms with E-state index in [4.69, 9.17) is 10.5 Å². The van der Waals surface area contributed by atoms with E-state index in [1.54, 1.807) is 18.2 Å². The minimum absolute atomic E-state index is 0.100. The van der Waals surface area contributed by atoms with E-state index in [0.29, 0.717) is 17.0 Å². The highest BCUT2D eigenvalue weighted by Crippen LogP contribution is 2.34. The number of amides is 1. The Morgan fingerprint density at radius 2 is 2.26 bits per heavy atom. The van der Waals surface area contributed by atoms with E-state index in [0.717, 1.165) is 18.8 Å². The zero-order chi connectivity index (χ0) is 13.8. The summed E-state index contributed by atoms with van der Waals surface area (Å²) in [5, 5.41) is 3.08. The van der Waals surface area contributed by atoms with Crippen molar-refractivity contribution in [1.29, 1.82) is 0 Å². The number of carbonyl (C=O) groups excluding carboxylic acids is 1. The molecule has 104 valence electrons. The van der Waals surface area contributed by atoms with Gasteiger partial charge in [0.05, 0.1) is 18.4 Å². The number of para-hydroxylation sites is 1. The smallest absolute Gasteiger partial charge is 0.255 e. The van der Waals surface area contributed by atoms with Gasteiger partial charge in [-0.25, -0.2) is 0 Å². The summed E-state index contributed by atoms with van der Waals surface area (Å²) < 4.78 is 5.22. The van der Waals surface area contributed by atoms with E-state index in [1.165, 1.54) is 20.0 Å². The third kappa shape index (κ3) is 3.40. The lowest BCUT2D eigenvalue weighted by molar-refractivity contribution is 0.0929. The Labute approximate surface area is 114 Å². The van der Waals surface area contributed by atoms with Crippen LogP contribution in [0.15, 0.2) is 18.2 Å². The van der Waals surface area contributed by atoms with E-state index in [-0.39, 0.29) is 11.9 Å². The lowest BCUT2D eigenvalue weighted by Gasteiger charge is -2.18. The van der Waals surface area contributed by atoms with Crippen LogP contribution in [-0.4, -0.2) is 19.1 Å². The number of hydrogen-bond acceptors (Lipinski definition) is 3. The largest absolute Gasteiger partial charge is 0.494 e. The highest BCUT2D eigenvalue weighted by atomic mass is 16.5. The van der Waals surface area contributed by atoms with Gasteiger partial charge in [0.15, 0.2) is 5.75 Å². The number of nitrogens with two attached hydrogens (primary N) is 1. The van der Waals surface area contributed by atoms with Crippen molar-refractivity contribution in [3.05, 3.63) is 23.8 Å². The molecule has 19 heavy (non-hydrogen) atoms. The number of anilines is 1. The monoisotopic (exact) mass is 262 g/mol. The maximum atomic E-state index is 12.3. The zero-order valence-corrected chi connectivity index (χ0v) is 11.6. The van der Waals surface area contributed by atoms with Crippen LogP contribution in [0.5, 0.6) is 5.75 Å². The van der Waals surface area contributed by atoms with Crippen molar-refractivity contribution >= 4 is 11.6 Å². The average molecular weight is 262 g/mol. The van der Waals surface area contributed by atoms with E-state index in [2.05, 4.69) is 12.2 Å². The predicted octanol–water partition coefficient (Wildman–Crippen LogP) is 2.59. The van der Waals surface area contributed by atoms with E-state index in [9.17, 15) is 4.79 Å². The molecule has 1 aromatic carbocycles. The van der Waals surface area contributed by atoms with Crippen LogP contribution in [0.2, 0.25) is 0 Å². The summed E-state index contributed by atoms with van der Waals surface area (Å²) in [6.45, 7) is 2.10. The minimum atomic E-state index is -0.100. The molecule has 4 heteroatoms. The van der Waals surface area contributed by atoms with Crippen LogP contribution >= 0.6 is 0 Å². The van der Waals surface area contributed by atoms with Crippen molar-refractivity contribution in [3.8, 4) is 5.75 Å². The summed E-state index contributed by atoms with van der Waals surface area (Å²) in [6, 6.07) is 5.49. The number of ether oxygens (including phenoxy) is 1. The first-order valence-corrected chi connectivity index (χ1v) is 6.89. The highest BCUT2D eigenvalue weighted by Gasteiger charge is 2.26. The van der Waals surface area contributed by atoms with Crippen molar-refractivity contribution in [2.75, 3.05) is 12.8 Å². The number of rotatable bonds is 6. The molecule has 1 unspecified atom stereocenters. The fourth-order valence-corrected chi connectivity index (χ4v) is 2.31. The quantitative estimate of drug-likeness (QED) is 0.774. The van der Waals surface area contributed by atoms with Crippen molar-refractivity contribution in [2.24, 2.45) is 5.92 Å². The van der Waals surface area contributed by atoms with Crippen LogP contribution in [-0.2, 0) is 0 Å². The number of nitrogen functional groups attached to an aromatic ring is 1. The molecule has 0 spiro atoms. The van der Waals surface area contributed by atoms with Crippen LogP contribution in [0, 0.1) is 5.92 Å². The van der Waals surface area contributed by atoms with Crippen molar-refractivity contribution in [3.63, 3.8) is 0 Å². The number of hydrogen-bond donors (Lipinski definition) is 2. The van der Waals surface area contributed by atoms with Crippen LogP contribution in [0.25, 0.3) is 0 Å². The second-order valence-corrected chi connectivity index (χ2v) is 5.19. The first kappa shape index (κ1) is 13.7. The molecule has 2 rings (SSSR count). The van der Waals surface area contributed by atoms with Gasteiger partial charge in [0.25, 0.3) is 5.91 Å². The molecular formula is C15H22N2O2. The van der Waals surface area contributed by atoms with Gasteiger partial charge in [-0.1, -0.05) is 25.8 Å². The molecule has 0 saturated heterocycles. The average Bonchev–Trinajstić information content (AvgIpc) is 3.21. The third-order valence-electron chi connectivity index (χ3n) is 3.64. The van der Waals surface area contributed by atoms with Gasteiger partial charge in [-0.3, -0.25) is 4.79 Å². The van der Waals surface area contributed by atoms with Gasteiger partial charge >= 0.3 is 0 Å². The first-order valence-electron chi connectivity index (χ1n) is 6.89. The molecule has 1 fully saturated rings.